The van der Waals surface area contributed by atoms with Crippen molar-refractivity contribution in [1.29, 1.82) is 0 Å². The third-order valence-corrected chi connectivity index (χ3v) is 10.5. The molecule has 0 atom stereocenters. The molecule has 0 aliphatic heterocycles. The van der Waals surface area contributed by atoms with Crippen LogP contribution in [0.3, 0.4) is 0 Å². The zero-order valence-electron chi connectivity index (χ0n) is 32.9. The molecule has 0 spiro atoms. The Kier molecular flexibility index (Phi) is 12.1. The smallest absolute Gasteiger partial charge is 0.369 e. The highest BCUT2D eigenvalue weighted by Gasteiger charge is 2.34. The largest absolute Gasteiger partial charge is 0.416 e. The van der Waals surface area contributed by atoms with Gasteiger partial charge in [-0.3, -0.25) is 18.7 Å². The predicted molar refractivity (Wildman–Crippen MR) is 229 cm³/mol. The number of nitrogens with one attached hydrogen (secondary N) is 1. The van der Waals surface area contributed by atoms with E-state index in [9.17, 15) is 27.6 Å². The topological polar surface area (TPSA) is 130 Å². The summed E-state index contributed by atoms with van der Waals surface area (Å²) in [4.78, 5) is 49.3. The molecule has 0 saturated heterocycles. The third-order valence-electron chi connectivity index (χ3n) is 9.88. The van der Waals surface area contributed by atoms with Crippen molar-refractivity contribution >= 4 is 43.3 Å². The van der Waals surface area contributed by atoms with Crippen molar-refractivity contribution in [2.75, 3.05) is 0 Å². The van der Waals surface area contributed by atoms with Gasteiger partial charge in [0.2, 0.25) is 0 Å². The van der Waals surface area contributed by atoms with E-state index in [4.69, 9.17) is 4.74 Å². The molecule has 0 amide bonds. The summed E-state index contributed by atoms with van der Waals surface area (Å²) < 4.78 is 64.4. The Hall–Kier alpha value is -6.78. The van der Waals surface area contributed by atoms with Gasteiger partial charge >= 0.3 is 11.9 Å². The fourth-order valence-corrected chi connectivity index (χ4v) is 7.21. The van der Waals surface area contributed by atoms with Crippen LogP contribution in [0, 0.1) is 19.7 Å². The van der Waals surface area contributed by atoms with Crippen molar-refractivity contribution in [3.8, 4) is 22.8 Å². The summed E-state index contributed by atoms with van der Waals surface area (Å²) in [6, 6.07) is 28.6. The van der Waals surface area contributed by atoms with Crippen LogP contribution < -0.4 is 16.8 Å². The fourth-order valence-electron chi connectivity index (χ4n) is 6.71. The average molecular weight is 895 g/mol. The van der Waals surface area contributed by atoms with Crippen molar-refractivity contribution in [3.63, 3.8) is 0 Å². The van der Waals surface area contributed by atoms with Crippen LogP contribution in [0.5, 0.6) is 0 Å². The summed E-state index contributed by atoms with van der Waals surface area (Å²) in [5.41, 5.74) is 2.26. The van der Waals surface area contributed by atoms with Gasteiger partial charge in [0.15, 0.2) is 17.5 Å². The van der Waals surface area contributed by atoms with Crippen molar-refractivity contribution in [1.82, 2.24) is 33.9 Å². The lowest BCUT2D eigenvalue weighted by Crippen LogP contribution is -2.26. The number of aromatic nitrogens is 7. The second-order valence-electron chi connectivity index (χ2n) is 13.9. The first kappa shape index (κ1) is 42.3. The number of fused-ring (bicyclic) bond motifs is 2. The number of para-hydroxylation sites is 1. The molecular formula is C45H36BrF4N7O4. The lowest BCUT2D eigenvalue weighted by molar-refractivity contribution is -0.0686. The summed E-state index contributed by atoms with van der Waals surface area (Å²) in [6.07, 6.45) is -2.00. The van der Waals surface area contributed by atoms with Gasteiger partial charge in [-0.25, -0.2) is 19.2 Å². The van der Waals surface area contributed by atoms with Crippen LogP contribution in [0.4, 0.5) is 17.6 Å². The number of nitrogens with zero attached hydrogens (tertiary/aromatic N) is 6. The number of benzene rings is 3. The zero-order valence-corrected chi connectivity index (χ0v) is 34.5. The minimum absolute atomic E-state index is 0.0122. The molecule has 5 heterocycles. The quantitative estimate of drug-likeness (QED) is 0.143. The maximum absolute atomic E-state index is 15.4. The summed E-state index contributed by atoms with van der Waals surface area (Å²) >= 11 is 3.47. The molecule has 0 fully saturated rings. The van der Waals surface area contributed by atoms with Crippen LogP contribution in [0.2, 0.25) is 0 Å². The molecule has 16 heteroatoms. The molecule has 0 aliphatic rings. The number of aromatic amines is 1. The van der Waals surface area contributed by atoms with E-state index in [1.54, 1.807) is 19.2 Å². The van der Waals surface area contributed by atoms with Gasteiger partial charge in [0.1, 0.15) is 6.61 Å². The Balaban J connectivity index is 0.000000202. The van der Waals surface area contributed by atoms with Crippen LogP contribution in [0.1, 0.15) is 35.0 Å². The van der Waals surface area contributed by atoms with E-state index in [0.717, 1.165) is 39.2 Å². The lowest BCUT2D eigenvalue weighted by Gasteiger charge is -2.13. The highest BCUT2D eigenvalue weighted by molar-refractivity contribution is 9.10. The highest BCUT2D eigenvalue weighted by Crippen LogP contribution is 2.35. The van der Waals surface area contributed by atoms with E-state index in [1.165, 1.54) is 15.2 Å². The number of halogens is 5. The molecule has 8 aromatic rings. The van der Waals surface area contributed by atoms with Gasteiger partial charge in [-0.1, -0.05) is 79.4 Å². The van der Waals surface area contributed by atoms with Crippen molar-refractivity contribution in [3.05, 3.63) is 186 Å². The number of aryl methyl sites for hydroxylation is 2. The molecule has 0 bridgehead atoms. The molecule has 0 saturated carbocycles. The second-order valence-corrected chi connectivity index (χ2v) is 14.7. The number of H-pyrrole nitrogens is 1. The standard InChI is InChI=1S/C27H23BrFN5O3.C18H13F3N2O/c1-3-32-23(16-37-15-18-10-5-4-6-11-18)31-34(27(32)36)25-21(29)13-19-24(30-25)20(28)14-33(26(19)35)22-12-8-7-9-17(22)2;1-10-5-3-4-6-12(10)15-8-7-13-16(23-15)14(9-22-17(13)24)11(2)18(19,20)21/h4-14H,3,15-16H2,1-2H3;3-9H,2H2,1H3,(H,22,24). The molecule has 8 rings (SSSR count). The summed E-state index contributed by atoms with van der Waals surface area (Å²) in [6.45, 7) is 9.40. The first-order valence-corrected chi connectivity index (χ1v) is 19.6. The SMILES string of the molecule is C=C(c1c[nH]c(=O)c2ccc(-c3ccccc3C)nc12)C(F)(F)F.CCn1c(COCc2ccccc2)nn(-c2nc3c(Br)cn(-c4ccccc4C)c(=O)c3cc2F)c1=O. The van der Waals surface area contributed by atoms with Crippen molar-refractivity contribution in [2.24, 2.45) is 0 Å². The number of alkyl halides is 3. The van der Waals surface area contributed by atoms with Gasteiger partial charge in [0.05, 0.1) is 49.8 Å². The fraction of sp³-hybridized carbons (Fsp3) is 0.156. The Labute approximate surface area is 353 Å². The van der Waals surface area contributed by atoms with E-state index in [1.807, 2.05) is 92.7 Å². The van der Waals surface area contributed by atoms with Crippen LogP contribution in [-0.4, -0.2) is 40.0 Å². The van der Waals surface area contributed by atoms with E-state index < -0.39 is 34.4 Å². The van der Waals surface area contributed by atoms with Gasteiger partial charge in [-0.15, -0.1) is 5.10 Å². The lowest BCUT2D eigenvalue weighted by atomic mass is 10.0. The molecule has 310 valence electrons. The Morgan fingerprint density at radius 3 is 2.23 bits per heavy atom. The second kappa shape index (κ2) is 17.4. The van der Waals surface area contributed by atoms with Gasteiger partial charge in [-0.05, 0) is 77.7 Å². The van der Waals surface area contributed by atoms with E-state index >= 15 is 4.39 Å². The number of hydrogen-bond donors (Lipinski definition) is 1. The van der Waals surface area contributed by atoms with Crippen molar-refractivity contribution < 1.29 is 22.3 Å². The molecule has 0 radical (unpaired) electrons. The highest BCUT2D eigenvalue weighted by atomic mass is 79.9. The maximum atomic E-state index is 15.4. The Bertz CT molecular complexity index is 3140. The molecule has 1 N–H and O–H groups in total. The summed E-state index contributed by atoms with van der Waals surface area (Å²) in [5, 5.41) is 4.49. The minimum Gasteiger partial charge on any atom is -0.369 e. The molecule has 0 unspecified atom stereocenters. The number of pyridine rings is 4. The first-order valence-electron chi connectivity index (χ1n) is 18.8. The van der Waals surface area contributed by atoms with Crippen LogP contribution in [0.15, 0.2) is 135 Å². The number of allylic oxidation sites excluding steroid dienone is 1. The Morgan fingerprint density at radius 1 is 0.852 bits per heavy atom. The minimum atomic E-state index is -4.61. The van der Waals surface area contributed by atoms with Gasteiger partial charge < -0.3 is 9.72 Å². The maximum Gasteiger partial charge on any atom is 0.416 e. The Morgan fingerprint density at radius 2 is 1.54 bits per heavy atom. The van der Waals surface area contributed by atoms with Gasteiger partial charge in [0, 0.05) is 30.1 Å². The van der Waals surface area contributed by atoms with Gasteiger partial charge in [0.25, 0.3) is 11.1 Å². The molecule has 3 aromatic carbocycles. The molecule has 0 aliphatic carbocycles. The van der Waals surface area contributed by atoms with Crippen LogP contribution in [-0.2, 0) is 24.5 Å². The molecular weight excluding hydrogens is 858 g/mol. The number of rotatable bonds is 9. The predicted octanol–water partition coefficient (Wildman–Crippen LogP) is 9.15. The van der Waals surface area contributed by atoms with E-state index in [0.29, 0.717) is 34.8 Å². The zero-order chi connectivity index (χ0) is 43.6. The van der Waals surface area contributed by atoms with Gasteiger partial charge in [-0.2, -0.15) is 17.9 Å². The van der Waals surface area contributed by atoms with E-state index in [2.05, 4.69) is 42.6 Å². The molecule has 5 aromatic heterocycles. The third kappa shape index (κ3) is 8.63. The van der Waals surface area contributed by atoms with Crippen LogP contribution >= 0.6 is 15.9 Å². The van der Waals surface area contributed by atoms with Crippen LogP contribution in [0.25, 0.3) is 50.1 Å². The monoisotopic (exact) mass is 893 g/mol. The van der Waals surface area contributed by atoms with E-state index in [-0.39, 0.29) is 39.8 Å². The summed E-state index contributed by atoms with van der Waals surface area (Å²) in [5.74, 6) is -0.778. The first-order chi connectivity index (χ1) is 29.2. The number of hydrogen-bond acceptors (Lipinski definition) is 7. The molecule has 61 heavy (non-hydrogen) atoms. The van der Waals surface area contributed by atoms with Crippen molar-refractivity contribution in [2.45, 2.75) is 46.7 Å². The average Bonchev–Trinajstić information content (AvgIpc) is 3.56. The molecule has 11 nitrogen and oxygen atoms in total. The summed E-state index contributed by atoms with van der Waals surface area (Å²) in [7, 11) is 0. The number of ether oxygens (including phenoxy) is 1. The normalized spacial score (nSPS) is 11.5.